The first-order valence-electron chi connectivity index (χ1n) is 10.7. The molecule has 0 unspecified atom stereocenters. The number of halogens is 3. The molecule has 4 aromatic rings. The maximum atomic E-state index is 14.1. The molecule has 0 saturated heterocycles. The summed E-state index contributed by atoms with van der Waals surface area (Å²) in [6, 6.07) is 17.6. The normalized spacial score (nSPS) is 10.9. The first kappa shape index (κ1) is 23.9. The van der Waals surface area contributed by atoms with E-state index in [0.29, 0.717) is 23.1 Å². The Hall–Kier alpha value is -4.27. The average molecular weight is 482 g/mol. The summed E-state index contributed by atoms with van der Waals surface area (Å²) in [7, 11) is 1.36. The van der Waals surface area contributed by atoms with E-state index in [1.54, 1.807) is 48.5 Å². The predicted octanol–water partition coefficient (Wildman–Crippen LogP) is 5.73. The number of amides is 1. The molecule has 0 aliphatic rings. The van der Waals surface area contributed by atoms with Crippen molar-refractivity contribution in [1.82, 2.24) is 10.3 Å². The van der Waals surface area contributed by atoms with Crippen LogP contribution in [0.15, 0.2) is 77.3 Å². The molecule has 0 bridgehead atoms. The molecule has 0 aliphatic carbocycles. The molecule has 180 valence electrons. The SMILES string of the molecule is COc1ccc(CCNC(=O)c2ccccc2-c2ncc(-c3ccccc3F)o2)cc1OC(F)F. The number of oxazole rings is 1. The van der Waals surface area contributed by atoms with Crippen LogP contribution < -0.4 is 14.8 Å². The van der Waals surface area contributed by atoms with Crippen LogP contribution in [-0.2, 0) is 6.42 Å². The van der Waals surface area contributed by atoms with Gasteiger partial charge in [-0.25, -0.2) is 9.37 Å². The number of ether oxygens (including phenoxy) is 2. The highest BCUT2D eigenvalue weighted by Gasteiger charge is 2.18. The number of hydrogen-bond acceptors (Lipinski definition) is 5. The van der Waals surface area contributed by atoms with Crippen LogP contribution in [-0.4, -0.2) is 31.2 Å². The van der Waals surface area contributed by atoms with E-state index >= 15 is 0 Å². The number of alkyl halides is 2. The number of nitrogens with one attached hydrogen (secondary N) is 1. The Morgan fingerprint density at radius 1 is 1.03 bits per heavy atom. The lowest BCUT2D eigenvalue weighted by Crippen LogP contribution is -2.26. The van der Waals surface area contributed by atoms with Crippen molar-refractivity contribution >= 4 is 5.91 Å². The summed E-state index contributed by atoms with van der Waals surface area (Å²) in [6.07, 6.45) is 1.78. The highest BCUT2D eigenvalue weighted by Crippen LogP contribution is 2.31. The molecule has 0 radical (unpaired) electrons. The van der Waals surface area contributed by atoms with Gasteiger partial charge in [0.1, 0.15) is 5.82 Å². The van der Waals surface area contributed by atoms with Gasteiger partial charge in [0.15, 0.2) is 17.3 Å². The van der Waals surface area contributed by atoms with Gasteiger partial charge in [0.25, 0.3) is 5.91 Å². The summed E-state index contributed by atoms with van der Waals surface area (Å²) in [5, 5.41) is 2.81. The molecule has 0 saturated carbocycles. The second-order valence-electron chi connectivity index (χ2n) is 7.42. The summed E-state index contributed by atoms with van der Waals surface area (Å²) in [5.41, 5.74) is 1.72. The predicted molar refractivity (Wildman–Crippen MR) is 123 cm³/mol. The van der Waals surface area contributed by atoms with Gasteiger partial charge < -0.3 is 19.2 Å². The third-order valence-corrected chi connectivity index (χ3v) is 5.19. The Morgan fingerprint density at radius 3 is 2.51 bits per heavy atom. The number of carbonyl (C=O) groups is 1. The van der Waals surface area contributed by atoms with Crippen molar-refractivity contribution in [2.75, 3.05) is 13.7 Å². The minimum Gasteiger partial charge on any atom is -0.493 e. The minimum absolute atomic E-state index is 0.0776. The molecule has 35 heavy (non-hydrogen) atoms. The Labute approximate surface area is 199 Å². The van der Waals surface area contributed by atoms with E-state index in [1.807, 2.05) is 0 Å². The second kappa shape index (κ2) is 10.8. The van der Waals surface area contributed by atoms with E-state index < -0.39 is 12.4 Å². The van der Waals surface area contributed by atoms with Gasteiger partial charge in [0.2, 0.25) is 5.89 Å². The molecule has 4 rings (SSSR count). The van der Waals surface area contributed by atoms with Crippen LogP contribution in [0.3, 0.4) is 0 Å². The Kier molecular flexibility index (Phi) is 7.35. The van der Waals surface area contributed by atoms with Gasteiger partial charge in [-0.15, -0.1) is 0 Å². The molecule has 1 aromatic heterocycles. The van der Waals surface area contributed by atoms with Gasteiger partial charge in [0, 0.05) is 12.1 Å². The van der Waals surface area contributed by atoms with E-state index in [2.05, 4.69) is 15.0 Å². The van der Waals surface area contributed by atoms with Gasteiger partial charge in [-0.1, -0.05) is 30.3 Å². The fourth-order valence-electron chi connectivity index (χ4n) is 3.53. The standard InChI is InChI=1S/C26H21F3N2O4/c1-33-21-11-10-16(14-22(21)35-26(28)29)12-13-30-24(32)17-6-2-3-7-18(17)25-31-15-23(34-25)19-8-4-5-9-20(19)27/h2-11,14-15,26H,12-13H2,1H3,(H,30,32). The quantitative estimate of drug-likeness (QED) is 0.330. The lowest BCUT2D eigenvalue weighted by molar-refractivity contribution is -0.0512. The van der Waals surface area contributed by atoms with E-state index in [1.165, 1.54) is 31.5 Å². The molecule has 1 heterocycles. The first-order chi connectivity index (χ1) is 17.0. The number of hydrogen-bond donors (Lipinski definition) is 1. The van der Waals surface area contributed by atoms with Crippen LogP contribution in [0, 0.1) is 5.82 Å². The van der Waals surface area contributed by atoms with Crippen LogP contribution in [0.25, 0.3) is 22.8 Å². The topological polar surface area (TPSA) is 73.6 Å². The minimum atomic E-state index is -2.98. The largest absolute Gasteiger partial charge is 0.493 e. The zero-order valence-corrected chi connectivity index (χ0v) is 18.6. The molecule has 1 N–H and O–H groups in total. The molecular formula is C26H21F3N2O4. The average Bonchev–Trinajstić information content (AvgIpc) is 3.34. The molecule has 0 spiro atoms. The van der Waals surface area contributed by atoms with Crippen molar-refractivity contribution in [2.24, 2.45) is 0 Å². The molecule has 0 atom stereocenters. The van der Waals surface area contributed by atoms with Crippen molar-refractivity contribution < 1.29 is 31.9 Å². The number of nitrogens with zero attached hydrogens (tertiary/aromatic N) is 1. The van der Waals surface area contributed by atoms with Gasteiger partial charge in [-0.05, 0) is 48.4 Å². The molecule has 1 amide bonds. The highest BCUT2D eigenvalue weighted by molar-refractivity contribution is 6.00. The zero-order chi connectivity index (χ0) is 24.8. The van der Waals surface area contributed by atoms with Crippen molar-refractivity contribution in [3.05, 3.63) is 89.9 Å². The maximum absolute atomic E-state index is 14.1. The summed E-state index contributed by atoms with van der Waals surface area (Å²) in [6.45, 7) is -2.75. The monoisotopic (exact) mass is 482 g/mol. The highest BCUT2D eigenvalue weighted by atomic mass is 19.3. The summed E-state index contributed by atoms with van der Waals surface area (Å²) in [4.78, 5) is 17.1. The lowest BCUT2D eigenvalue weighted by atomic mass is 10.1. The molecule has 0 fully saturated rings. The second-order valence-corrected chi connectivity index (χ2v) is 7.42. The smallest absolute Gasteiger partial charge is 0.387 e. The molecule has 3 aromatic carbocycles. The van der Waals surface area contributed by atoms with Crippen molar-refractivity contribution in [3.8, 4) is 34.3 Å². The Morgan fingerprint density at radius 2 is 1.77 bits per heavy atom. The Balaban J connectivity index is 1.46. The van der Waals surface area contributed by atoms with E-state index in [-0.39, 0.29) is 41.2 Å². The van der Waals surface area contributed by atoms with Gasteiger partial charge in [0.05, 0.1) is 24.4 Å². The van der Waals surface area contributed by atoms with E-state index in [9.17, 15) is 18.0 Å². The molecule has 0 aliphatic heterocycles. The van der Waals surface area contributed by atoms with Gasteiger partial charge >= 0.3 is 6.61 Å². The number of benzene rings is 3. The first-order valence-corrected chi connectivity index (χ1v) is 10.7. The number of carbonyl (C=O) groups excluding carboxylic acids is 1. The third-order valence-electron chi connectivity index (χ3n) is 5.19. The Bertz CT molecular complexity index is 1320. The van der Waals surface area contributed by atoms with Crippen LogP contribution >= 0.6 is 0 Å². The number of methoxy groups -OCH3 is 1. The summed E-state index contributed by atoms with van der Waals surface area (Å²) < 4.78 is 54.7. The van der Waals surface area contributed by atoms with Crippen LogP contribution in [0.1, 0.15) is 15.9 Å². The third kappa shape index (κ3) is 5.63. The van der Waals surface area contributed by atoms with Crippen LogP contribution in [0.2, 0.25) is 0 Å². The van der Waals surface area contributed by atoms with Crippen molar-refractivity contribution in [1.29, 1.82) is 0 Å². The van der Waals surface area contributed by atoms with Crippen molar-refractivity contribution in [2.45, 2.75) is 13.0 Å². The van der Waals surface area contributed by atoms with Crippen LogP contribution in [0.5, 0.6) is 11.5 Å². The summed E-state index contributed by atoms with van der Waals surface area (Å²) in [5.74, 6) is -0.280. The fourth-order valence-corrected chi connectivity index (χ4v) is 3.53. The van der Waals surface area contributed by atoms with Gasteiger partial charge in [-0.2, -0.15) is 8.78 Å². The number of aromatic nitrogens is 1. The maximum Gasteiger partial charge on any atom is 0.387 e. The lowest BCUT2D eigenvalue weighted by Gasteiger charge is -2.12. The summed E-state index contributed by atoms with van der Waals surface area (Å²) >= 11 is 0. The molecular weight excluding hydrogens is 461 g/mol. The van der Waals surface area contributed by atoms with Gasteiger partial charge in [-0.3, -0.25) is 4.79 Å². The van der Waals surface area contributed by atoms with E-state index in [4.69, 9.17) is 9.15 Å². The zero-order valence-electron chi connectivity index (χ0n) is 18.6. The van der Waals surface area contributed by atoms with Crippen molar-refractivity contribution in [3.63, 3.8) is 0 Å². The number of rotatable bonds is 9. The fraction of sp³-hybridized carbons (Fsp3) is 0.154. The van der Waals surface area contributed by atoms with E-state index in [0.717, 1.165) is 0 Å². The molecule has 6 nitrogen and oxygen atoms in total. The molecule has 9 heteroatoms. The van der Waals surface area contributed by atoms with Crippen LogP contribution in [0.4, 0.5) is 13.2 Å².